The summed E-state index contributed by atoms with van der Waals surface area (Å²) in [6.45, 7) is 3.65. The number of hydrogen-bond donors (Lipinski definition) is 1. The second-order valence-corrected chi connectivity index (χ2v) is 6.49. The van der Waals surface area contributed by atoms with Gasteiger partial charge in [0.05, 0.1) is 6.54 Å². The van der Waals surface area contributed by atoms with Gasteiger partial charge in [0.1, 0.15) is 18.1 Å². The molecule has 0 spiro atoms. The van der Waals surface area contributed by atoms with E-state index in [4.69, 9.17) is 25.5 Å². The largest absolute Gasteiger partial charge is 0.489 e. The van der Waals surface area contributed by atoms with Gasteiger partial charge in [0.15, 0.2) is 11.6 Å². The highest BCUT2D eigenvalue weighted by molar-refractivity contribution is 6.30. The van der Waals surface area contributed by atoms with Crippen LogP contribution in [0.15, 0.2) is 34.9 Å². The number of halogens is 1. The number of benzene rings is 1. The van der Waals surface area contributed by atoms with Gasteiger partial charge >= 0.3 is 0 Å². The number of ether oxygens (including phenoxy) is 2. The van der Waals surface area contributed by atoms with Crippen LogP contribution in [0.25, 0.3) is 0 Å². The molecular formula is C18H21ClN2O4. The molecule has 0 saturated carbocycles. The summed E-state index contributed by atoms with van der Waals surface area (Å²) < 4.78 is 16.5. The maximum Gasteiger partial charge on any atom is 0.273 e. The normalized spacial score (nSPS) is 16.4. The zero-order chi connectivity index (χ0) is 17.6. The first kappa shape index (κ1) is 17.8. The van der Waals surface area contributed by atoms with Gasteiger partial charge in [-0.25, -0.2) is 4.98 Å². The summed E-state index contributed by atoms with van der Waals surface area (Å²) in [5, 5.41) is 3.46. The van der Waals surface area contributed by atoms with E-state index in [0.29, 0.717) is 42.1 Å². The molecule has 25 heavy (non-hydrogen) atoms. The van der Waals surface area contributed by atoms with Crippen molar-refractivity contribution in [1.29, 1.82) is 0 Å². The van der Waals surface area contributed by atoms with Crippen molar-refractivity contribution in [1.82, 2.24) is 10.3 Å². The van der Waals surface area contributed by atoms with Gasteiger partial charge in [-0.1, -0.05) is 11.6 Å². The number of carbonyl (C=O) groups is 1. The highest BCUT2D eigenvalue weighted by Crippen LogP contribution is 2.26. The average Bonchev–Trinajstić information content (AvgIpc) is 3.13. The lowest BCUT2D eigenvalue weighted by atomic mass is 10.0. The van der Waals surface area contributed by atoms with Gasteiger partial charge in [0.25, 0.3) is 5.91 Å². The minimum absolute atomic E-state index is 0.188. The van der Waals surface area contributed by atoms with E-state index in [1.165, 1.54) is 6.26 Å². The lowest BCUT2D eigenvalue weighted by molar-refractivity contribution is 0.0794. The topological polar surface area (TPSA) is 73.6 Å². The van der Waals surface area contributed by atoms with Crippen molar-refractivity contribution in [2.45, 2.75) is 31.8 Å². The summed E-state index contributed by atoms with van der Waals surface area (Å²) in [5.74, 6) is 1.27. The maximum atomic E-state index is 12.2. The molecule has 7 heteroatoms. The van der Waals surface area contributed by atoms with Gasteiger partial charge in [0.2, 0.25) is 0 Å². The molecule has 1 aliphatic heterocycles. The maximum absolute atomic E-state index is 12.2. The van der Waals surface area contributed by atoms with Gasteiger partial charge in [-0.2, -0.15) is 0 Å². The molecule has 6 nitrogen and oxygen atoms in total. The number of aromatic nitrogens is 1. The molecular weight excluding hydrogens is 344 g/mol. The van der Waals surface area contributed by atoms with Crippen molar-refractivity contribution < 1.29 is 18.7 Å². The predicted molar refractivity (Wildman–Crippen MR) is 93.2 cm³/mol. The van der Waals surface area contributed by atoms with Crippen molar-refractivity contribution in [3.05, 3.63) is 47.1 Å². The molecule has 1 aromatic heterocycles. The van der Waals surface area contributed by atoms with E-state index in [-0.39, 0.29) is 17.9 Å². The SMILES string of the molecule is CC(CNC(=O)c1coc(C2CCOCC2)n1)Oc1ccc(Cl)cc1. The number of hydrogen-bond acceptors (Lipinski definition) is 5. The summed E-state index contributed by atoms with van der Waals surface area (Å²) in [5.41, 5.74) is 0.292. The molecule has 1 unspecified atom stereocenters. The molecule has 1 saturated heterocycles. The fourth-order valence-corrected chi connectivity index (χ4v) is 2.76. The van der Waals surface area contributed by atoms with E-state index in [9.17, 15) is 4.79 Å². The Morgan fingerprint density at radius 1 is 1.36 bits per heavy atom. The first-order chi connectivity index (χ1) is 12.1. The Kier molecular flexibility index (Phi) is 5.94. The number of carbonyl (C=O) groups excluding carboxylic acids is 1. The Balaban J connectivity index is 1.48. The van der Waals surface area contributed by atoms with E-state index in [1.807, 2.05) is 6.92 Å². The second kappa shape index (κ2) is 8.36. The number of nitrogens with zero attached hydrogens (tertiary/aromatic N) is 1. The lowest BCUT2D eigenvalue weighted by Crippen LogP contribution is -2.33. The molecule has 2 heterocycles. The molecule has 1 N–H and O–H groups in total. The van der Waals surface area contributed by atoms with E-state index >= 15 is 0 Å². The molecule has 0 radical (unpaired) electrons. The third kappa shape index (κ3) is 4.96. The van der Waals surface area contributed by atoms with Crippen LogP contribution in [0, 0.1) is 0 Å². The Morgan fingerprint density at radius 2 is 2.08 bits per heavy atom. The summed E-state index contributed by atoms with van der Waals surface area (Å²) in [4.78, 5) is 16.5. The van der Waals surface area contributed by atoms with Gasteiger partial charge in [0, 0.05) is 24.2 Å². The van der Waals surface area contributed by atoms with Gasteiger partial charge < -0.3 is 19.2 Å². The van der Waals surface area contributed by atoms with Crippen LogP contribution in [0.4, 0.5) is 0 Å². The zero-order valence-corrected chi connectivity index (χ0v) is 14.8. The lowest BCUT2D eigenvalue weighted by Gasteiger charge is -2.18. The molecule has 1 atom stereocenters. The summed E-state index contributed by atoms with van der Waals surface area (Å²) in [6.07, 6.45) is 2.96. The van der Waals surface area contributed by atoms with Gasteiger partial charge in [-0.3, -0.25) is 4.79 Å². The van der Waals surface area contributed by atoms with E-state index in [2.05, 4.69) is 10.3 Å². The quantitative estimate of drug-likeness (QED) is 0.850. The third-order valence-corrected chi connectivity index (χ3v) is 4.28. The highest BCUT2D eigenvalue weighted by Gasteiger charge is 2.22. The molecule has 1 amide bonds. The average molecular weight is 365 g/mol. The first-order valence-corrected chi connectivity index (χ1v) is 8.73. The number of oxazole rings is 1. The van der Waals surface area contributed by atoms with Gasteiger partial charge in [-0.05, 0) is 44.0 Å². The van der Waals surface area contributed by atoms with Crippen molar-refractivity contribution in [2.75, 3.05) is 19.8 Å². The van der Waals surface area contributed by atoms with Crippen LogP contribution in [-0.2, 0) is 4.74 Å². The summed E-state index contributed by atoms with van der Waals surface area (Å²) >= 11 is 5.84. The minimum Gasteiger partial charge on any atom is -0.489 e. The highest BCUT2D eigenvalue weighted by atomic mass is 35.5. The third-order valence-electron chi connectivity index (χ3n) is 4.03. The molecule has 1 fully saturated rings. The van der Waals surface area contributed by atoms with Crippen LogP contribution in [0.2, 0.25) is 5.02 Å². The summed E-state index contributed by atoms with van der Waals surface area (Å²) in [6, 6.07) is 7.10. The standard InChI is InChI=1S/C18H21ClN2O4/c1-12(25-15-4-2-14(19)3-5-15)10-20-17(22)16-11-24-18(21-16)13-6-8-23-9-7-13/h2-5,11-13H,6-10H2,1H3,(H,20,22). The second-order valence-electron chi connectivity index (χ2n) is 6.05. The molecule has 2 aromatic rings. The molecule has 0 bridgehead atoms. The fraction of sp³-hybridized carbons (Fsp3) is 0.444. The van der Waals surface area contributed by atoms with Crippen molar-refractivity contribution in [3.8, 4) is 5.75 Å². The van der Waals surface area contributed by atoms with E-state index < -0.39 is 0 Å². The van der Waals surface area contributed by atoms with E-state index in [1.54, 1.807) is 24.3 Å². The monoisotopic (exact) mass is 364 g/mol. The van der Waals surface area contributed by atoms with Gasteiger partial charge in [-0.15, -0.1) is 0 Å². The molecule has 1 aliphatic rings. The fourth-order valence-electron chi connectivity index (χ4n) is 2.64. The number of nitrogens with one attached hydrogen (secondary N) is 1. The van der Waals surface area contributed by atoms with Crippen LogP contribution in [0.3, 0.4) is 0 Å². The van der Waals surface area contributed by atoms with E-state index in [0.717, 1.165) is 12.8 Å². The van der Waals surface area contributed by atoms with Crippen LogP contribution in [0.1, 0.15) is 42.1 Å². The molecule has 3 rings (SSSR count). The minimum atomic E-state index is -0.270. The first-order valence-electron chi connectivity index (χ1n) is 8.35. The molecule has 134 valence electrons. The summed E-state index contributed by atoms with van der Waals surface area (Å²) in [7, 11) is 0. The Bertz CT molecular complexity index is 695. The molecule has 1 aromatic carbocycles. The zero-order valence-electron chi connectivity index (χ0n) is 14.0. The van der Waals surface area contributed by atoms with Crippen molar-refractivity contribution >= 4 is 17.5 Å². The number of amides is 1. The van der Waals surface area contributed by atoms with Crippen LogP contribution in [-0.4, -0.2) is 36.8 Å². The molecule has 0 aliphatic carbocycles. The predicted octanol–water partition coefficient (Wildman–Crippen LogP) is 3.42. The van der Waals surface area contributed by atoms with Crippen molar-refractivity contribution in [3.63, 3.8) is 0 Å². The Labute approximate surface area is 151 Å². The smallest absolute Gasteiger partial charge is 0.273 e. The van der Waals surface area contributed by atoms with Crippen LogP contribution in [0.5, 0.6) is 5.75 Å². The Hall–Kier alpha value is -2.05. The van der Waals surface area contributed by atoms with Crippen LogP contribution < -0.4 is 10.1 Å². The Morgan fingerprint density at radius 3 is 2.80 bits per heavy atom. The van der Waals surface area contributed by atoms with Crippen molar-refractivity contribution in [2.24, 2.45) is 0 Å². The van der Waals surface area contributed by atoms with Crippen LogP contribution >= 0.6 is 11.6 Å². The number of rotatable bonds is 6.